The zero-order valence-corrected chi connectivity index (χ0v) is 32.3. The monoisotopic (exact) mass is 743 g/mol. The standard InChI is InChI=1S/C45H45N9O2/c1-51(2)31-24-53(25-31)45-42-44(54(43-30-20-36(43)48-23-30)37(49-42)14-15-38(56)52(3)4)35-19-29(12-8-16-46)39(34-21-32(55)18-27-10-5-6-13-33(27)34)40(41(35)50-45)28-11-7-9-26(17-28)22-47/h5-7,9-11,13,17-19,21,30-31,36,43,48,55H,8,12,14-15,20,23-25H2,1-4H3. The molecule has 2 N–H and O–H groups in total. The number of aryl methyl sites for hydroxylation is 2. The van der Waals surface area contributed by atoms with E-state index in [-0.39, 0.29) is 24.1 Å². The van der Waals surface area contributed by atoms with Crippen molar-refractivity contribution in [3.63, 3.8) is 0 Å². The first-order chi connectivity index (χ1) is 27.1. The number of likely N-dealkylation sites (N-methyl/N-ethyl adjacent to an activating group) is 1. The summed E-state index contributed by atoms with van der Waals surface area (Å²) in [5, 5.41) is 37.9. The fourth-order valence-corrected chi connectivity index (χ4v) is 9.25. The van der Waals surface area contributed by atoms with E-state index in [1.165, 1.54) is 0 Å². The number of amides is 1. The summed E-state index contributed by atoms with van der Waals surface area (Å²) < 4.78 is 2.43. The van der Waals surface area contributed by atoms with Crippen molar-refractivity contribution in [3.05, 3.63) is 83.7 Å². The highest BCUT2D eigenvalue weighted by molar-refractivity contribution is 6.16. The molecule has 4 fully saturated rings. The summed E-state index contributed by atoms with van der Waals surface area (Å²) in [6.45, 7) is 2.52. The van der Waals surface area contributed by atoms with Crippen LogP contribution in [0.4, 0.5) is 5.82 Å². The first kappa shape index (κ1) is 35.7. The van der Waals surface area contributed by atoms with E-state index in [2.05, 4.69) is 58.1 Å². The summed E-state index contributed by atoms with van der Waals surface area (Å²) in [4.78, 5) is 30.3. The van der Waals surface area contributed by atoms with Gasteiger partial charge in [0.15, 0.2) is 5.82 Å². The third kappa shape index (κ3) is 5.82. The molecule has 6 aromatic rings. The zero-order chi connectivity index (χ0) is 38.8. The second-order valence-corrected chi connectivity index (χ2v) is 16.1. The molecular weight excluding hydrogens is 699 g/mol. The molecule has 3 atom stereocenters. The molecule has 0 radical (unpaired) electrons. The third-order valence-corrected chi connectivity index (χ3v) is 12.3. The molecule has 10 rings (SSSR count). The van der Waals surface area contributed by atoms with E-state index in [1.54, 1.807) is 25.1 Å². The number of anilines is 1. The van der Waals surface area contributed by atoms with Gasteiger partial charge in [-0.3, -0.25) is 4.79 Å². The summed E-state index contributed by atoms with van der Waals surface area (Å²) in [5.41, 5.74) is 7.48. The lowest BCUT2D eigenvalue weighted by atomic mass is 9.79. The van der Waals surface area contributed by atoms with Gasteiger partial charge in [-0.05, 0) is 96.2 Å². The van der Waals surface area contributed by atoms with Crippen molar-refractivity contribution >= 4 is 44.4 Å². The minimum Gasteiger partial charge on any atom is -0.508 e. The summed E-state index contributed by atoms with van der Waals surface area (Å²) >= 11 is 0. The van der Waals surface area contributed by atoms with Gasteiger partial charge in [0.05, 0.1) is 34.8 Å². The number of aromatic nitrogens is 3. The summed E-state index contributed by atoms with van der Waals surface area (Å²) in [6, 6.07) is 27.1. The average molecular weight is 744 g/mol. The molecule has 0 spiro atoms. The number of benzene rings is 4. The van der Waals surface area contributed by atoms with Gasteiger partial charge in [-0.25, -0.2) is 9.97 Å². The van der Waals surface area contributed by atoms with Crippen LogP contribution in [-0.2, 0) is 17.6 Å². The second-order valence-electron chi connectivity index (χ2n) is 16.1. The van der Waals surface area contributed by atoms with Crippen LogP contribution in [0.3, 0.4) is 0 Å². The van der Waals surface area contributed by atoms with Crippen LogP contribution in [-0.4, -0.2) is 95.3 Å². The number of rotatable bonds is 10. The van der Waals surface area contributed by atoms with Crippen molar-refractivity contribution in [1.29, 1.82) is 10.5 Å². The maximum absolute atomic E-state index is 13.1. The van der Waals surface area contributed by atoms with Gasteiger partial charge < -0.3 is 29.7 Å². The Morgan fingerprint density at radius 2 is 1.77 bits per heavy atom. The van der Waals surface area contributed by atoms with Crippen LogP contribution in [0, 0.1) is 28.6 Å². The molecular formula is C45H45N9O2. The van der Waals surface area contributed by atoms with Gasteiger partial charge in [-0.15, -0.1) is 0 Å². The van der Waals surface area contributed by atoms with Crippen molar-refractivity contribution in [1.82, 2.24) is 29.7 Å². The number of aromatic hydroxyl groups is 1. The molecule has 11 heteroatoms. The van der Waals surface area contributed by atoms with Gasteiger partial charge in [0, 0.05) is 76.0 Å². The highest BCUT2D eigenvalue weighted by Crippen LogP contribution is 2.51. The minimum atomic E-state index is 0.0551. The number of nitrogens with zero attached hydrogens (tertiary/aromatic N) is 8. The van der Waals surface area contributed by atoms with E-state index >= 15 is 0 Å². The quantitative estimate of drug-likeness (QED) is 0.163. The van der Waals surface area contributed by atoms with Crippen molar-refractivity contribution < 1.29 is 9.90 Å². The molecule has 3 aliphatic heterocycles. The lowest BCUT2D eigenvalue weighted by Crippen LogP contribution is -2.57. The van der Waals surface area contributed by atoms with E-state index in [4.69, 9.17) is 9.97 Å². The topological polar surface area (TPSA) is 137 Å². The van der Waals surface area contributed by atoms with Crippen LogP contribution >= 0.6 is 0 Å². The maximum Gasteiger partial charge on any atom is 0.222 e. The summed E-state index contributed by atoms with van der Waals surface area (Å²) in [7, 11) is 7.80. The zero-order valence-electron chi connectivity index (χ0n) is 32.3. The van der Waals surface area contributed by atoms with Crippen molar-refractivity contribution in [2.45, 2.75) is 50.2 Å². The predicted octanol–water partition coefficient (Wildman–Crippen LogP) is 6.41. The lowest BCUT2D eigenvalue weighted by molar-refractivity contribution is -0.128. The normalized spacial score (nSPS) is 19.0. The molecule has 4 aromatic carbocycles. The van der Waals surface area contributed by atoms with Crippen molar-refractivity contribution in [3.8, 4) is 40.1 Å². The number of pyridine rings is 1. The molecule has 5 heterocycles. The molecule has 2 bridgehead atoms. The van der Waals surface area contributed by atoms with Crippen LogP contribution in [0.1, 0.15) is 42.3 Å². The Morgan fingerprint density at radius 1 is 0.946 bits per heavy atom. The predicted molar refractivity (Wildman–Crippen MR) is 219 cm³/mol. The number of hydrogen-bond donors (Lipinski definition) is 2. The van der Waals surface area contributed by atoms with Gasteiger partial charge in [0.2, 0.25) is 5.91 Å². The van der Waals surface area contributed by atoms with Crippen LogP contribution < -0.4 is 10.2 Å². The van der Waals surface area contributed by atoms with E-state index in [9.17, 15) is 20.4 Å². The number of carbonyl (C=O) groups is 1. The Labute approximate surface area is 326 Å². The van der Waals surface area contributed by atoms with E-state index in [1.807, 2.05) is 48.5 Å². The largest absolute Gasteiger partial charge is 0.508 e. The molecule has 282 valence electrons. The van der Waals surface area contributed by atoms with E-state index < -0.39 is 0 Å². The van der Waals surface area contributed by atoms with E-state index in [0.717, 1.165) is 98.2 Å². The van der Waals surface area contributed by atoms with Gasteiger partial charge in [0.25, 0.3) is 0 Å². The summed E-state index contributed by atoms with van der Waals surface area (Å²) in [5.74, 6) is 2.33. The first-order valence-electron chi connectivity index (χ1n) is 19.5. The van der Waals surface area contributed by atoms with Crippen LogP contribution in [0.5, 0.6) is 5.75 Å². The van der Waals surface area contributed by atoms with Crippen LogP contribution in [0.25, 0.3) is 55.0 Å². The highest BCUT2D eigenvalue weighted by atomic mass is 16.3. The SMILES string of the molecule is CN(C)C(=O)CCc1nc2c(N3CC(N(C)C)C3)nc3c(-c4cccc(C#N)c4)c(-c4cc(O)cc5ccccc45)c(CCC#N)cc3c2n1C1C2CNC1C2. The molecule has 2 aromatic heterocycles. The fourth-order valence-electron chi connectivity index (χ4n) is 9.25. The Morgan fingerprint density at radius 3 is 2.48 bits per heavy atom. The summed E-state index contributed by atoms with van der Waals surface area (Å²) in [6.07, 6.45) is 2.68. The molecule has 4 aliphatic rings. The number of phenolic OH excluding ortho intramolecular Hbond substituents is 1. The third-order valence-electron chi connectivity index (χ3n) is 12.3. The van der Waals surface area contributed by atoms with Crippen LogP contribution in [0.2, 0.25) is 0 Å². The number of carbonyl (C=O) groups excluding carboxylic acids is 1. The molecule has 1 amide bonds. The molecule has 3 unspecified atom stereocenters. The maximum atomic E-state index is 13.1. The number of nitriles is 2. The second kappa shape index (κ2) is 13.9. The number of imidazole rings is 1. The lowest BCUT2D eigenvalue weighted by Gasteiger charge is -2.43. The average Bonchev–Trinajstić information content (AvgIpc) is 3.91. The number of phenols is 1. The van der Waals surface area contributed by atoms with Gasteiger partial charge >= 0.3 is 0 Å². The van der Waals surface area contributed by atoms with Gasteiger partial charge in [0.1, 0.15) is 17.1 Å². The molecule has 1 aliphatic carbocycles. The Kier molecular flexibility index (Phi) is 8.88. The molecule has 1 saturated carbocycles. The minimum absolute atomic E-state index is 0.0551. The number of fused-ring (bicyclic) bond motifs is 5. The van der Waals surface area contributed by atoms with E-state index in [0.29, 0.717) is 42.8 Å². The fraction of sp³-hybridized carbons (Fsp3) is 0.356. The first-order valence-corrected chi connectivity index (χ1v) is 19.5. The highest BCUT2D eigenvalue weighted by Gasteiger charge is 2.49. The Hall–Kier alpha value is -6.01. The van der Waals surface area contributed by atoms with Gasteiger partial charge in [-0.1, -0.05) is 36.4 Å². The molecule has 11 nitrogen and oxygen atoms in total. The van der Waals surface area contributed by atoms with Crippen molar-refractivity contribution in [2.24, 2.45) is 5.92 Å². The number of nitrogens with one attached hydrogen (secondary N) is 1. The Balaban J connectivity index is 1.44. The number of hydrogen-bond acceptors (Lipinski definition) is 9. The molecule has 3 saturated heterocycles. The van der Waals surface area contributed by atoms with Crippen molar-refractivity contribution in [2.75, 3.05) is 52.7 Å². The van der Waals surface area contributed by atoms with Gasteiger partial charge in [-0.2, -0.15) is 10.5 Å². The smallest absolute Gasteiger partial charge is 0.222 e. The molecule has 56 heavy (non-hydrogen) atoms. The Bertz CT molecular complexity index is 2630. The van der Waals surface area contributed by atoms with Crippen LogP contribution in [0.15, 0.2) is 66.7 Å².